The molecule has 0 N–H and O–H groups in total. The van der Waals surface area contributed by atoms with Gasteiger partial charge in [-0.2, -0.15) is 0 Å². The predicted molar refractivity (Wildman–Crippen MR) is 97.6 cm³/mol. The summed E-state index contributed by atoms with van der Waals surface area (Å²) in [5.41, 5.74) is 2.25. The van der Waals surface area contributed by atoms with Gasteiger partial charge in [0.2, 0.25) is 5.88 Å². The summed E-state index contributed by atoms with van der Waals surface area (Å²) in [6.07, 6.45) is 7.54. The van der Waals surface area contributed by atoms with Crippen LogP contribution in [0.1, 0.15) is 12.0 Å². The van der Waals surface area contributed by atoms with E-state index in [2.05, 4.69) is 67.3 Å². The lowest BCUT2D eigenvalue weighted by Gasteiger charge is -2.22. The lowest BCUT2D eigenvalue weighted by Crippen LogP contribution is -3.00. The summed E-state index contributed by atoms with van der Waals surface area (Å²) in [6, 6.07) is 12.4. The molecule has 4 nitrogen and oxygen atoms in total. The van der Waals surface area contributed by atoms with Gasteiger partial charge in [-0.25, -0.2) is 4.57 Å². The van der Waals surface area contributed by atoms with Gasteiger partial charge in [-0.1, -0.05) is 12.1 Å². The van der Waals surface area contributed by atoms with Gasteiger partial charge in [0, 0.05) is 25.3 Å². The molecule has 0 saturated heterocycles. The molecular weight excluding hydrogens is 552 g/mol. The molecule has 1 aromatic carbocycles. The summed E-state index contributed by atoms with van der Waals surface area (Å²) in [5, 5.41) is 0. The largest absolute Gasteiger partial charge is 1.00 e. The van der Waals surface area contributed by atoms with E-state index in [1.54, 1.807) is 0 Å². The smallest absolute Gasteiger partial charge is 0.200 e. The fourth-order valence-electron chi connectivity index (χ4n) is 2.83. The Morgan fingerprint density at radius 1 is 1.04 bits per heavy atom. The number of para-hydroxylation sites is 2. The summed E-state index contributed by atoms with van der Waals surface area (Å²) in [5.74, 6) is 1.77. The van der Waals surface area contributed by atoms with Crippen molar-refractivity contribution in [3.8, 4) is 5.75 Å². The van der Waals surface area contributed by atoms with Crippen molar-refractivity contribution in [2.45, 2.75) is 13.0 Å². The number of rotatable bonds is 5. The van der Waals surface area contributed by atoms with Crippen molar-refractivity contribution in [2.24, 2.45) is 0 Å². The maximum atomic E-state index is 5.93. The average molecular weight is 579 g/mol. The van der Waals surface area contributed by atoms with Gasteiger partial charge >= 0.3 is 0 Å². The zero-order valence-corrected chi connectivity index (χ0v) is 20.1. The molecule has 0 amide bonds. The number of halogens is 2. The van der Waals surface area contributed by atoms with Crippen molar-refractivity contribution in [2.75, 3.05) is 39.6 Å². The Morgan fingerprint density at radius 3 is 2.31 bits per heavy atom. The molecule has 0 aliphatic carbocycles. The molecular formula is C20H27I2N3O. The van der Waals surface area contributed by atoms with Crippen LogP contribution in [-0.4, -0.2) is 39.2 Å². The van der Waals surface area contributed by atoms with Gasteiger partial charge in [0.1, 0.15) is 0 Å². The highest BCUT2D eigenvalue weighted by Gasteiger charge is 2.22. The molecule has 3 rings (SSSR count). The van der Waals surface area contributed by atoms with E-state index in [9.17, 15) is 0 Å². The first kappa shape index (κ1) is 23.2. The first-order valence-electron chi connectivity index (χ1n) is 8.44. The number of hydrogen-bond donors (Lipinski definition) is 0. The summed E-state index contributed by atoms with van der Waals surface area (Å²) in [6.45, 7) is 2.23. The van der Waals surface area contributed by atoms with Gasteiger partial charge in [0.15, 0.2) is 24.7 Å². The lowest BCUT2D eigenvalue weighted by molar-refractivity contribution is -0.873. The van der Waals surface area contributed by atoms with Crippen molar-refractivity contribution in [3.63, 3.8) is 0 Å². The third-order valence-electron chi connectivity index (χ3n) is 4.22. The zero-order valence-electron chi connectivity index (χ0n) is 15.8. The van der Waals surface area contributed by atoms with Gasteiger partial charge in [-0.05, 0) is 17.7 Å². The van der Waals surface area contributed by atoms with Crippen molar-refractivity contribution >= 4 is 11.8 Å². The molecule has 1 aliphatic rings. The second-order valence-electron chi connectivity index (χ2n) is 7.35. The Bertz CT molecular complexity index is 739. The van der Waals surface area contributed by atoms with Gasteiger partial charge in [0.25, 0.3) is 0 Å². The van der Waals surface area contributed by atoms with Crippen LogP contribution in [0, 0.1) is 0 Å². The van der Waals surface area contributed by atoms with Crippen LogP contribution >= 0.6 is 0 Å². The van der Waals surface area contributed by atoms with Crippen LogP contribution in [0.4, 0.5) is 5.69 Å². The summed E-state index contributed by atoms with van der Waals surface area (Å²) in [4.78, 5) is 2.08. The number of ether oxygens (including phenoxy) is 1. The molecule has 6 heteroatoms. The molecule has 26 heavy (non-hydrogen) atoms. The number of nitrogens with zero attached hydrogens (tertiary/aromatic N) is 3. The molecule has 0 spiro atoms. The lowest BCUT2D eigenvalue weighted by atomic mass is 10.2. The quantitative estimate of drug-likeness (QED) is 0.212. The summed E-state index contributed by atoms with van der Waals surface area (Å²) < 4.78 is 9.18. The first-order valence-corrected chi connectivity index (χ1v) is 8.44. The van der Waals surface area contributed by atoms with Crippen LogP contribution in [0.25, 0.3) is 6.08 Å². The maximum Gasteiger partial charge on any atom is 0.200 e. The molecule has 1 aromatic heterocycles. The molecule has 0 radical (unpaired) electrons. The summed E-state index contributed by atoms with van der Waals surface area (Å²) >= 11 is 0. The molecule has 0 atom stereocenters. The van der Waals surface area contributed by atoms with E-state index < -0.39 is 0 Å². The van der Waals surface area contributed by atoms with E-state index in [1.807, 2.05) is 25.2 Å². The molecule has 0 saturated carbocycles. The maximum absolute atomic E-state index is 5.93. The molecule has 0 bridgehead atoms. The Labute approximate surface area is 191 Å². The number of fused-ring (bicyclic) bond motifs is 1. The Kier molecular flexibility index (Phi) is 8.81. The van der Waals surface area contributed by atoms with Crippen LogP contribution in [0.3, 0.4) is 0 Å². The number of quaternary nitrogens is 1. The number of aryl methyl sites for hydroxylation is 1. The standard InChI is InChI=1S/C20H27N3O.2HI/c1-21-18-8-5-6-9-19(18)24-20(21)16-17-10-13-22(14-11-17)12-7-15-23(2,3)4;;/h5-6,8-11,13-14,16H,7,12,15H2,1-4H3;2*1H/q+2;;/p-2. The third-order valence-corrected chi connectivity index (χ3v) is 4.22. The van der Waals surface area contributed by atoms with Crippen molar-refractivity contribution in [3.05, 3.63) is 60.2 Å². The number of hydrogen-bond acceptors (Lipinski definition) is 2. The Hall–Kier alpha value is -0.870. The highest BCUT2D eigenvalue weighted by molar-refractivity contribution is 5.70. The van der Waals surface area contributed by atoms with E-state index in [0.717, 1.165) is 33.9 Å². The zero-order chi connectivity index (χ0) is 17.2. The fourth-order valence-corrected chi connectivity index (χ4v) is 2.83. The number of aromatic nitrogens is 1. The highest BCUT2D eigenvalue weighted by Crippen LogP contribution is 2.37. The van der Waals surface area contributed by atoms with Gasteiger partial charge < -0.3 is 62.1 Å². The van der Waals surface area contributed by atoms with Crippen LogP contribution in [0.5, 0.6) is 5.75 Å². The molecule has 2 heterocycles. The van der Waals surface area contributed by atoms with E-state index >= 15 is 0 Å². The molecule has 0 unspecified atom stereocenters. The normalized spacial score (nSPS) is 14.3. The SMILES string of the molecule is CN1/C(=C/c2cc[n+](CCC[N+](C)(C)C)cc2)Oc2ccccc21.[I-].[I-]. The minimum atomic E-state index is 0. The molecule has 0 fully saturated rings. The summed E-state index contributed by atoms with van der Waals surface area (Å²) in [7, 11) is 8.73. The third kappa shape index (κ3) is 6.09. The Morgan fingerprint density at radius 2 is 1.69 bits per heavy atom. The van der Waals surface area contributed by atoms with Crippen LogP contribution in [0.15, 0.2) is 54.7 Å². The van der Waals surface area contributed by atoms with E-state index in [-0.39, 0.29) is 48.0 Å². The van der Waals surface area contributed by atoms with Crippen LogP contribution in [-0.2, 0) is 6.54 Å². The van der Waals surface area contributed by atoms with E-state index in [1.165, 1.54) is 13.0 Å². The first-order chi connectivity index (χ1) is 11.4. The molecule has 1 aliphatic heterocycles. The minimum Gasteiger partial charge on any atom is -1.00 e. The van der Waals surface area contributed by atoms with Gasteiger partial charge in [0.05, 0.1) is 39.8 Å². The van der Waals surface area contributed by atoms with E-state index in [4.69, 9.17) is 4.74 Å². The monoisotopic (exact) mass is 579 g/mol. The van der Waals surface area contributed by atoms with Crippen molar-refractivity contribution in [1.29, 1.82) is 0 Å². The highest BCUT2D eigenvalue weighted by atomic mass is 127. The fraction of sp³-hybridized carbons (Fsp3) is 0.350. The predicted octanol–water partition coefficient (Wildman–Crippen LogP) is -3.09. The number of pyridine rings is 1. The molecule has 142 valence electrons. The van der Waals surface area contributed by atoms with Crippen molar-refractivity contribution in [1.82, 2.24) is 0 Å². The topological polar surface area (TPSA) is 16.4 Å². The average Bonchev–Trinajstić information content (AvgIpc) is 2.85. The van der Waals surface area contributed by atoms with E-state index in [0.29, 0.717) is 0 Å². The van der Waals surface area contributed by atoms with Crippen LogP contribution in [0.2, 0.25) is 0 Å². The minimum absolute atomic E-state index is 0. The van der Waals surface area contributed by atoms with Crippen molar-refractivity contribution < 1.29 is 61.7 Å². The van der Waals surface area contributed by atoms with Gasteiger partial charge in [-0.3, -0.25) is 0 Å². The van der Waals surface area contributed by atoms with Crippen LogP contribution < -0.4 is 62.2 Å². The van der Waals surface area contributed by atoms with Gasteiger partial charge in [-0.15, -0.1) is 0 Å². The number of benzene rings is 1. The number of anilines is 1. The molecule has 2 aromatic rings. The Balaban J connectivity index is 0.00000169. The second-order valence-corrected chi connectivity index (χ2v) is 7.35. The second kappa shape index (κ2) is 9.89.